The molecule has 0 atom stereocenters. The van der Waals surface area contributed by atoms with E-state index in [-0.39, 0.29) is 12.6 Å². The Labute approximate surface area is 114 Å². The second-order valence-corrected chi connectivity index (χ2v) is 4.22. The van der Waals surface area contributed by atoms with Crippen molar-refractivity contribution in [2.75, 3.05) is 19.7 Å². The van der Waals surface area contributed by atoms with E-state index in [2.05, 4.69) is 5.32 Å². The molecule has 0 bridgehead atoms. The highest BCUT2D eigenvalue weighted by Gasteiger charge is 2.12. The lowest BCUT2D eigenvalue weighted by Crippen LogP contribution is -2.41. The average Bonchev–Trinajstić information content (AvgIpc) is 2.44. The van der Waals surface area contributed by atoms with Gasteiger partial charge in [-0.15, -0.1) is 0 Å². The number of aliphatic hydroxyl groups excluding tert-OH is 1. The first kappa shape index (κ1) is 15.2. The zero-order valence-electron chi connectivity index (χ0n) is 11.4. The molecule has 0 fully saturated rings. The van der Waals surface area contributed by atoms with E-state index in [4.69, 9.17) is 5.11 Å². The molecule has 104 valence electrons. The Hall–Kier alpha value is -1.81. The molecule has 19 heavy (non-hydrogen) atoms. The van der Waals surface area contributed by atoms with Gasteiger partial charge in [-0.1, -0.05) is 42.5 Å². The summed E-state index contributed by atoms with van der Waals surface area (Å²) >= 11 is 0. The van der Waals surface area contributed by atoms with Gasteiger partial charge in [0.2, 0.25) is 0 Å². The Morgan fingerprint density at radius 3 is 2.74 bits per heavy atom. The first-order chi connectivity index (χ1) is 9.27. The highest BCUT2D eigenvalue weighted by molar-refractivity contribution is 5.74. The zero-order valence-corrected chi connectivity index (χ0v) is 11.4. The highest BCUT2D eigenvalue weighted by Crippen LogP contribution is 2.04. The van der Waals surface area contributed by atoms with Crippen molar-refractivity contribution in [2.45, 2.75) is 19.9 Å². The molecular formula is C15H22N2O2. The van der Waals surface area contributed by atoms with Crippen LogP contribution in [0.1, 0.15) is 18.9 Å². The van der Waals surface area contributed by atoms with Crippen LogP contribution in [0.25, 0.3) is 0 Å². The predicted molar refractivity (Wildman–Crippen MR) is 76.8 cm³/mol. The highest BCUT2D eigenvalue weighted by atomic mass is 16.3. The van der Waals surface area contributed by atoms with Gasteiger partial charge in [0.25, 0.3) is 0 Å². The van der Waals surface area contributed by atoms with Crippen molar-refractivity contribution in [3.05, 3.63) is 48.0 Å². The molecule has 0 spiro atoms. The SMILES string of the molecule is C/C=C/CCNC(=O)N(CCO)Cc1ccccc1. The lowest BCUT2D eigenvalue weighted by molar-refractivity contribution is 0.174. The molecular weight excluding hydrogens is 240 g/mol. The number of benzene rings is 1. The van der Waals surface area contributed by atoms with E-state index in [1.807, 2.05) is 49.4 Å². The minimum atomic E-state index is -0.137. The summed E-state index contributed by atoms with van der Waals surface area (Å²) in [7, 11) is 0. The Morgan fingerprint density at radius 2 is 2.11 bits per heavy atom. The van der Waals surface area contributed by atoms with Crippen LogP contribution in [0.5, 0.6) is 0 Å². The van der Waals surface area contributed by atoms with E-state index in [1.54, 1.807) is 4.90 Å². The molecule has 2 N–H and O–H groups in total. The largest absolute Gasteiger partial charge is 0.395 e. The van der Waals surface area contributed by atoms with Gasteiger partial charge in [0.1, 0.15) is 0 Å². The number of nitrogens with zero attached hydrogens (tertiary/aromatic N) is 1. The summed E-state index contributed by atoms with van der Waals surface area (Å²) in [6.07, 6.45) is 4.79. The number of nitrogens with one attached hydrogen (secondary N) is 1. The monoisotopic (exact) mass is 262 g/mol. The third kappa shape index (κ3) is 6.06. The van der Waals surface area contributed by atoms with Crippen molar-refractivity contribution in [2.24, 2.45) is 0 Å². The number of carbonyl (C=O) groups is 1. The van der Waals surface area contributed by atoms with Crippen molar-refractivity contribution in [3.8, 4) is 0 Å². The van der Waals surface area contributed by atoms with Gasteiger partial charge in [0.15, 0.2) is 0 Å². The molecule has 4 heteroatoms. The van der Waals surface area contributed by atoms with Gasteiger partial charge in [0, 0.05) is 19.6 Å². The second-order valence-electron chi connectivity index (χ2n) is 4.22. The summed E-state index contributed by atoms with van der Waals surface area (Å²) in [5, 5.41) is 11.9. The number of urea groups is 1. The molecule has 0 aliphatic carbocycles. The van der Waals surface area contributed by atoms with Crippen LogP contribution in [0.4, 0.5) is 4.79 Å². The molecule has 0 aliphatic heterocycles. The number of carbonyl (C=O) groups excluding carboxylic acids is 1. The Morgan fingerprint density at radius 1 is 1.37 bits per heavy atom. The van der Waals surface area contributed by atoms with Gasteiger partial charge in [-0.3, -0.25) is 0 Å². The number of amides is 2. The molecule has 0 heterocycles. The molecule has 0 saturated carbocycles. The van der Waals surface area contributed by atoms with Crippen LogP contribution >= 0.6 is 0 Å². The van der Waals surface area contributed by atoms with Gasteiger partial charge < -0.3 is 15.3 Å². The maximum atomic E-state index is 12.0. The van der Waals surface area contributed by atoms with Gasteiger partial charge >= 0.3 is 6.03 Å². The minimum absolute atomic E-state index is 0.0326. The molecule has 0 unspecified atom stereocenters. The van der Waals surface area contributed by atoms with Gasteiger partial charge in [-0.25, -0.2) is 4.79 Å². The molecule has 2 amide bonds. The third-order valence-corrected chi connectivity index (χ3v) is 2.70. The van der Waals surface area contributed by atoms with E-state index >= 15 is 0 Å². The van der Waals surface area contributed by atoms with Crippen molar-refractivity contribution in [1.82, 2.24) is 10.2 Å². The topological polar surface area (TPSA) is 52.6 Å². The Balaban J connectivity index is 2.49. The summed E-state index contributed by atoms with van der Waals surface area (Å²) in [4.78, 5) is 13.6. The number of hydrogen-bond donors (Lipinski definition) is 2. The van der Waals surface area contributed by atoms with Crippen molar-refractivity contribution in [1.29, 1.82) is 0 Å². The average molecular weight is 262 g/mol. The summed E-state index contributed by atoms with van der Waals surface area (Å²) < 4.78 is 0. The number of aliphatic hydroxyl groups is 1. The van der Waals surface area contributed by atoms with E-state index in [1.165, 1.54) is 0 Å². The first-order valence-corrected chi connectivity index (χ1v) is 6.56. The van der Waals surface area contributed by atoms with Crippen LogP contribution in [-0.4, -0.2) is 35.7 Å². The summed E-state index contributed by atoms with van der Waals surface area (Å²) in [5.41, 5.74) is 1.06. The van der Waals surface area contributed by atoms with E-state index < -0.39 is 0 Å². The van der Waals surface area contributed by atoms with Crippen LogP contribution in [0.2, 0.25) is 0 Å². The van der Waals surface area contributed by atoms with Gasteiger partial charge in [-0.2, -0.15) is 0 Å². The first-order valence-electron chi connectivity index (χ1n) is 6.56. The third-order valence-electron chi connectivity index (χ3n) is 2.70. The standard InChI is InChI=1S/C15H22N2O2/c1-2-3-7-10-16-15(19)17(11-12-18)13-14-8-5-4-6-9-14/h2-6,8-9,18H,7,10-13H2,1H3,(H,16,19)/b3-2+. The van der Waals surface area contributed by atoms with Crippen LogP contribution in [0.3, 0.4) is 0 Å². The van der Waals surface area contributed by atoms with Crippen LogP contribution in [0.15, 0.2) is 42.5 Å². The fraction of sp³-hybridized carbons (Fsp3) is 0.400. The van der Waals surface area contributed by atoms with Crippen LogP contribution < -0.4 is 5.32 Å². The Kier molecular flexibility index (Phi) is 7.35. The number of allylic oxidation sites excluding steroid dienone is 1. The number of hydrogen-bond acceptors (Lipinski definition) is 2. The lowest BCUT2D eigenvalue weighted by Gasteiger charge is -2.22. The molecule has 4 nitrogen and oxygen atoms in total. The molecule has 0 radical (unpaired) electrons. The zero-order chi connectivity index (χ0) is 13.9. The number of rotatable bonds is 7. The van der Waals surface area contributed by atoms with Crippen molar-refractivity contribution >= 4 is 6.03 Å². The summed E-state index contributed by atoms with van der Waals surface area (Å²) in [6.45, 7) is 3.38. The lowest BCUT2D eigenvalue weighted by atomic mass is 10.2. The molecule has 1 aromatic carbocycles. The van der Waals surface area contributed by atoms with E-state index in [9.17, 15) is 4.79 Å². The van der Waals surface area contributed by atoms with E-state index in [0.717, 1.165) is 12.0 Å². The van der Waals surface area contributed by atoms with E-state index in [0.29, 0.717) is 19.6 Å². The second kappa shape index (κ2) is 9.16. The van der Waals surface area contributed by atoms with Crippen LogP contribution in [-0.2, 0) is 6.54 Å². The Bertz CT molecular complexity index is 390. The fourth-order valence-corrected chi connectivity index (χ4v) is 1.72. The quantitative estimate of drug-likeness (QED) is 0.584. The van der Waals surface area contributed by atoms with Crippen molar-refractivity contribution < 1.29 is 9.90 Å². The van der Waals surface area contributed by atoms with Gasteiger partial charge in [-0.05, 0) is 18.9 Å². The smallest absolute Gasteiger partial charge is 0.317 e. The minimum Gasteiger partial charge on any atom is -0.395 e. The molecule has 0 aliphatic rings. The molecule has 1 rings (SSSR count). The normalized spacial score (nSPS) is 10.6. The molecule has 0 aromatic heterocycles. The van der Waals surface area contributed by atoms with Crippen molar-refractivity contribution in [3.63, 3.8) is 0 Å². The summed E-state index contributed by atoms with van der Waals surface area (Å²) in [6, 6.07) is 9.63. The maximum absolute atomic E-state index is 12.0. The van der Waals surface area contributed by atoms with Crippen LogP contribution in [0, 0.1) is 0 Å². The molecule has 1 aromatic rings. The predicted octanol–water partition coefficient (Wildman–Crippen LogP) is 2.16. The summed E-state index contributed by atoms with van der Waals surface area (Å²) in [5.74, 6) is 0. The molecule has 0 saturated heterocycles. The van der Waals surface area contributed by atoms with Gasteiger partial charge in [0.05, 0.1) is 6.61 Å². The fourth-order valence-electron chi connectivity index (χ4n) is 1.72. The maximum Gasteiger partial charge on any atom is 0.317 e.